The van der Waals surface area contributed by atoms with Crippen LogP contribution in [0.5, 0.6) is 0 Å². The molecule has 1 aliphatic rings. The summed E-state index contributed by atoms with van der Waals surface area (Å²) in [5.41, 5.74) is 2.06. The number of halogens is 3. The van der Waals surface area contributed by atoms with Crippen molar-refractivity contribution >= 4 is 26.5 Å². The molecule has 0 spiro atoms. The van der Waals surface area contributed by atoms with Gasteiger partial charge in [-0.1, -0.05) is 35.9 Å². The van der Waals surface area contributed by atoms with Crippen LogP contribution < -0.4 is 4.90 Å². The molecule has 1 fully saturated rings. The van der Waals surface area contributed by atoms with Crippen molar-refractivity contribution in [2.75, 3.05) is 31.1 Å². The van der Waals surface area contributed by atoms with E-state index in [1.165, 1.54) is 21.7 Å². The van der Waals surface area contributed by atoms with Crippen LogP contribution in [0.4, 0.5) is 18.3 Å². The number of hydrogen-bond donors (Lipinski definition) is 0. The first-order valence-electron chi connectivity index (χ1n) is 9.59. The highest BCUT2D eigenvalue weighted by molar-refractivity contribution is 7.89. The second-order valence-electron chi connectivity index (χ2n) is 7.30. The van der Waals surface area contributed by atoms with Gasteiger partial charge in [-0.15, -0.1) is 11.3 Å². The average Bonchev–Trinajstić information content (AvgIpc) is 3.24. The number of rotatable bonds is 4. The third kappa shape index (κ3) is 4.60. The van der Waals surface area contributed by atoms with Crippen molar-refractivity contribution in [2.45, 2.75) is 18.0 Å². The number of aromatic nitrogens is 1. The number of anilines is 1. The Bertz CT molecular complexity index is 1170. The molecule has 10 heteroatoms. The third-order valence-corrected chi connectivity index (χ3v) is 7.94. The monoisotopic (exact) mass is 467 g/mol. The second-order valence-corrected chi connectivity index (χ2v) is 10.1. The largest absolute Gasteiger partial charge is 0.416 e. The highest BCUT2D eigenvalue weighted by Gasteiger charge is 2.34. The Labute approximate surface area is 182 Å². The summed E-state index contributed by atoms with van der Waals surface area (Å²) < 4.78 is 65.8. The number of sulfonamides is 1. The topological polar surface area (TPSA) is 53.5 Å². The maximum atomic E-state index is 13.0. The molecular formula is C21H20F3N3O2S2. The number of thiazole rings is 1. The van der Waals surface area contributed by atoms with E-state index in [2.05, 4.69) is 4.98 Å². The lowest BCUT2D eigenvalue weighted by atomic mass is 10.1. The van der Waals surface area contributed by atoms with Gasteiger partial charge in [0.05, 0.1) is 16.2 Å². The Morgan fingerprint density at radius 1 is 1.00 bits per heavy atom. The molecule has 31 heavy (non-hydrogen) atoms. The summed E-state index contributed by atoms with van der Waals surface area (Å²) in [6, 6.07) is 11.9. The molecule has 1 aliphatic heterocycles. The number of nitrogens with zero attached hydrogens (tertiary/aromatic N) is 3. The van der Waals surface area contributed by atoms with Crippen LogP contribution >= 0.6 is 11.3 Å². The highest BCUT2D eigenvalue weighted by Crippen LogP contribution is 2.32. The van der Waals surface area contributed by atoms with Crippen LogP contribution in [0.25, 0.3) is 11.3 Å². The fraction of sp³-hybridized carbons (Fsp3) is 0.286. The van der Waals surface area contributed by atoms with Gasteiger partial charge in [-0.05, 0) is 25.1 Å². The summed E-state index contributed by atoms with van der Waals surface area (Å²) >= 11 is 1.49. The molecule has 2 aromatic carbocycles. The van der Waals surface area contributed by atoms with E-state index in [0.717, 1.165) is 34.1 Å². The molecule has 0 saturated carbocycles. The summed E-state index contributed by atoms with van der Waals surface area (Å²) in [5, 5.41) is 2.76. The van der Waals surface area contributed by atoms with Gasteiger partial charge in [-0.3, -0.25) is 0 Å². The Morgan fingerprint density at radius 2 is 1.68 bits per heavy atom. The van der Waals surface area contributed by atoms with Crippen molar-refractivity contribution in [3.63, 3.8) is 0 Å². The Morgan fingerprint density at radius 3 is 2.32 bits per heavy atom. The minimum absolute atomic E-state index is 0.179. The van der Waals surface area contributed by atoms with E-state index in [-0.39, 0.29) is 18.0 Å². The van der Waals surface area contributed by atoms with Crippen LogP contribution in [0.2, 0.25) is 0 Å². The quantitative estimate of drug-likeness (QED) is 0.561. The van der Waals surface area contributed by atoms with Crippen LogP contribution in [0.3, 0.4) is 0 Å². The maximum absolute atomic E-state index is 13.0. The Hall–Kier alpha value is -2.43. The van der Waals surface area contributed by atoms with Crippen LogP contribution in [-0.2, 0) is 16.2 Å². The molecule has 0 radical (unpaired) electrons. The molecule has 0 unspecified atom stereocenters. The van der Waals surface area contributed by atoms with Crippen molar-refractivity contribution in [1.82, 2.24) is 9.29 Å². The molecule has 4 rings (SSSR count). The first-order chi connectivity index (χ1) is 14.6. The van der Waals surface area contributed by atoms with Crippen molar-refractivity contribution in [2.24, 2.45) is 0 Å². The lowest BCUT2D eigenvalue weighted by Crippen LogP contribution is -2.48. The average molecular weight is 468 g/mol. The number of hydrogen-bond acceptors (Lipinski definition) is 5. The van der Waals surface area contributed by atoms with E-state index in [1.807, 2.05) is 41.5 Å². The van der Waals surface area contributed by atoms with E-state index in [0.29, 0.717) is 19.2 Å². The van der Waals surface area contributed by atoms with Crippen molar-refractivity contribution in [3.8, 4) is 11.3 Å². The standard InChI is InChI=1S/C21H20F3N3O2S2/c1-15-5-7-16(8-6-15)19-14-30-20(25-19)26-9-11-27(12-10-26)31(28,29)18-4-2-3-17(13-18)21(22,23)24/h2-8,13-14H,9-12H2,1H3. The summed E-state index contributed by atoms with van der Waals surface area (Å²) in [4.78, 5) is 6.33. The van der Waals surface area contributed by atoms with E-state index in [1.54, 1.807) is 0 Å². The van der Waals surface area contributed by atoms with Crippen LogP contribution in [-0.4, -0.2) is 43.9 Å². The molecule has 0 atom stereocenters. The van der Waals surface area contributed by atoms with E-state index in [9.17, 15) is 21.6 Å². The van der Waals surface area contributed by atoms with Gasteiger partial charge in [-0.2, -0.15) is 17.5 Å². The van der Waals surface area contributed by atoms with Crippen LogP contribution in [0.1, 0.15) is 11.1 Å². The zero-order valence-corrected chi connectivity index (χ0v) is 18.3. The van der Waals surface area contributed by atoms with E-state index >= 15 is 0 Å². The van der Waals surface area contributed by atoms with Crippen molar-refractivity contribution < 1.29 is 21.6 Å². The van der Waals surface area contributed by atoms with E-state index in [4.69, 9.17) is 0 Å². The molecule has 2 heterocycles. The normalized spacial score (nSPS) is 15.9. The van der Waals surface area contributed by atoms with Crippen LogP contribution in [0.15, 0.2) is 58.8 Å². The maximum Gasteiger partial charge on any atom is 0.416 e. The molecule has 0 amide bonds. The van der Waals surface area contributed by atoms with Gasteiger partial charge < -0.3 is 4.90 Å². The molecule has 164 valence electrons. The molecule has 0 aliphatic carbocycles. The van der Waals surface area contributed by atoms with Gasteiger partial charge >= 0.3 is 6.18 Å². The lowest BCUT2D eigenvalue weighted by molar-refractivity contribution is -0.137. The second kappa shape index (κ2) is 8.25. The molecule has 1 saturated heterocycles. The fourth-order valence-corrected chi connectivity index (χ4v) is 5.73. The van der Waals surface area contributed by atoms with E-state index < -0.39 is 21.8 Å². The summed E-state index contributed by atoms with van der Waals surface area (Å²) in [6.45, 7) is 3.21. The van der Waals surface area contributed by atoms with Crippen molar-refractivity contribution in [3.05, 3.63) is 65.0 Å². The predicted molar refractivity (Wildman–Crippen MR) is 115 cm³/mol. The molecule has 3 aromatic rings. The van der Waals surface area contributed by atoms with Gasteiger partial charge in [0, 0.05) is 37.1 Å². The zero-order chi connectivity index (χ0) is 22.2. The van der Waals surface area contributed by atoms with Gasteiger partial charge in [0.1, 0.15) is 0 Å². The summed E-state index contributed by atoms with van der Waals surface area (Å²) in [5.74, 6) is 0. The molecule has 5 nitrogen and oxygen atoms in total. The summed E-state index contributed by atoms with van der Waals surface area (Å²) in [7, 11) is -4.00. The van der Waals surface area contributed by atoms with Crippen LogP contribution in [0, 0.1) is 6.92 Å². The Balaban J connectivity index is 1.46. The summed E-state index contributed by atoms with van der Waals surface area (Å²) in [6.07, 6.45) is -4.59. The van der Waals surface area contributed by atoms with Gasteiger partial charge in [-0.25, -0.2) is 13.4 Å². The first-order valence-corrected chi connectivity index (χ1v) is 11.9. The fourth-order valence-electron chi connectivity index (χ4n) is 3.37. The number of piperazine rings is 1. The molecule has 0 N–H and O–H groups in total. The third-order valence-electron chi connectivity index (χ3n) is 5.15. The Kier molecular flexibility index (Phi) is 5.80. The number of aryl methyl sites for hydroxylation is 1. The van der Waals surface area contributed by atoms with Crippen molar-refractivity contribution in [1.29, 1.82) is 0 Å². The molecule has 0 bridgehead atoms. The first kappa shape index (κ1) is 21.8. The SMILES string of the molecule is Cc1ccc(-c2csc(N3CCN(S(=O)(=O)c4cccc(C(F)(F)F)c4)CC3)n2)cc1. The smallest absolute Gasteiger partial charge is 0.345 e. The van der Waals surface area contributed by atoms with Gasteiger partial charge in [0.15, 0.2) is 5.13 Å². The lowest BCUT2D eigenvalue weighted by Gasteiger charge is -2.33. The minimum atomic E-state index is -4.59. The minimum Gasteiger partial charge on any atom is -0.345 e. The number of alkyl halides is 3. The van der Waals surface area contributed by atoms with Gasteiger partial charge in [0.25, 0.3) is 0 Å². The molecular weight excluding hydrogens is 447 g/mol. The van der Waals surface area contributed by atoms with Gasteiger partial charge in [0.2, 0.25) is 10.0 Å². The highest BCUT2D eigenvalue weighted by atomic mass is 32.2. The number of benzene rings is 2. The zero-order valence-electron chi connectivity index (χ0n) is 16.6. The molecule has 1 aromatic heterocycles. The predicted octanol–water partition coefficient (Wildman–Crippen LogP) is 4.65.